The number of carbonyl (C=O) groups is 2. The van der Waals surface area contributed by atoms with E-state index in [2.05, 4.69) is 0 Å². The van der Waals surface area contributed by atoms with Crippen LogP contribution in [0.1, 0.15) is 6.42 Å². The summed E-state index contributed by atoms with van der Waals surface area (Å²) in [7, 11) is 0. The molecular weight excluding hydrogens is 328 g/mol. The van der Waals surface area contributed by atoms with Gasteiger partial charge in [0.1, 0.15) is 0 Å². The van der Waals surface area contributed by atoms with Crippen molar-refractivity contribution in [1.82, 2.24) is 0 Å². The van der Waals surface area contributed by atoms with E-state index in [0.717, 1.165) is 9.79 Å². The minimum absolute atomic E-state index is 0.166. The van der Waals surface area contributed by atoms with Gasteiger partial charge in [-0.3, -0.25) is 9.59 Å². The summed E-state index contributed by atoms with van der Waals surface area (Å²) in [5.41, 5.74) is 7.19. The molecule has 4 nitrogen and oxygen atoms in total. The zero-order valence-corrected chi connectivity index (χ0v) is 14.2. The van der Waals surface area contributed by atoms with Crippen molar-refractivity contribution in [3.63, 3.8) is 0 Å². The molecule has 2 amide bonds. The number of para-hydroxylation sites is 1. The maximum atomic E-state index is 12.7. The van der Waals surface area contributed by atoms with Crippen LogP contribution < -0.4 is 10.6 Å². The van der Waals surface area contributed by atoms with Gasteiger partial charge in [-0.1, -0.05) is 18.2 Å². The monoisotopic (exact) mass is 344 g/mol. The van der Waals surface area contributed by atoms with Gasteiger partial charge in [-0.25, -0.2) is 4.90 Å². The number of amides is 2. The standard InChI is InChI=1S/C17H16N2O2S2/c1-22-12-6-4-5-11(9-12)19-16(20)10-15(17(19)21)23-14-8-3-2-7-13(14)18/h2-9,15H,10,18H2,1H3/t15-/m0/s1. The summed E-state index contributed by atoms with van der Waals surface area (Å²) in [6, 6.07) is 14.9. The number of carbonyl (C=O) groups excluding carboxylic acids is 2. The third kappa shape index (κ3) is 3.23. The third-order valence-electron chi connectivity index (χ3n) is 3.60. The van der Waals surface area contributed by atoms with Crippen molar-refractivity contribution in [3.05, 3.63) is 48.5 Å². The van der Waals surface area contributed by atoms with Gasteiger partial charge >= 0.3 is 0 Å². The smallest absolute Gasteiger partial charge is 0.247 e. The number of thioether (sulfide) groups is 2. The molecule has 0 spiro atoms. The Hall–Kier alpha value is -1.92. The van der Waals surface area contributed by atoms with E-state index < -0.39 is 5.25 Å². The molecule has 0 bridgehead atoms. The predicted molar refractivity (Wildman–Crippen MR) is 95.8 cm³/mol. The Bertz CT molecular complexity index is 764. The Morgan fingerprint density at radius 1 is 1.13 bits per heavy atom. The number of nitrogens with zero attached hydrogens (tertiary/aromatic N) is 1. The highest BCUT2D eigenvalue weighted by molar-refractivity contribution is 8.01. The molecule has 2 N–H and O–H groups in total. The van der Waals surface area contributed by atoms with Crippen LogP contribution in [0.3, 0.4) is 0 Å². The lowest BCUT2D eigenvalue weighted by molar-refractivity contribution is -0.121. The lowest BCUT2D eigenvalue weighted by Gasteiger charge is -2.16. The van der Waals surface area contributed by atoms with Crippen LogP contribution in [0.5, 0.6) is 0 Å². The zero-order chi connectivity index (χ0) is 16.4. The fourth-order valence-electron chi connectivity index (χ4n) is 2.46. The van der Waals surface area contributed by atoms with Gasteiger partial charge in [0, 0.05) is 21.9 Å². The molecule has 1 atom stereocenters. The average molecular weight is 344 g/mol. The van der Waals surface area contributed by atoms with E-state index in [1.807, 2.05) is 42.7 Å². The first-order valence-corrected chi connectivity index (χ1v) is 9.22. The number of anilines is 2. The van der Waals surface area contributed by atoms with Crippen molar-refractivity contribution in [2.45, 2.75) is 21.5 Å². The number of imide groups is 1. The summed E-state index contributed by atoms with van der Waals surface area (Å²) in [4.78, 5) is 28.1. The molecule has 23 heavy (non-hydrogen) atoms. The fraction of sp³-hybridized carbons (Fsp3) is 0.176. The van der Waals surface area contributed by atoms with Crippen molar-refractivity contribution in [2.75, 3.05) is 16.9 Å². The highest BCUT2D eigenvalue weighted by Gasteiger charge is 2.40. The van der Waals surface area contributed by atoms with E-state index in [-0.39, 0.29) is 18.2 Å². The predicted octanol–water partition coefficient (Wildman–Crippen LogP) is 3.41. The van der Waals surface area contributed by atoms with Gasteiger partial charge in [0.2, 0.25) is 11.8 Å². The van der Waals surface area contributed by atoms with Crippen LogP contribution in [0.15, 0.2) is 58.3 Å². The Kier molecular flexibility index (Phi) is 4.63. The van der Waals surface area contributed by atoms with Gasteiger partial charge in [0.15, 0.2) is 0 Å². The van der Waals surface area contributed by atoms with Gasteiger partial charge in [-0.15, -0.1) is 23.5 Å². The van der Waals surface area contributed by atoms with Gasteiger partial charge in [0.05, 0.1) is 10.9 Å². The second kappa shape index (κ2) is 6.68. The van der Waals surface area contributed by atoms with Gasteiger partial charge < -0.3 is 5.73 Å². The molecule has 1 heterocycles. The Morgan fingerprint density at radius 2 is 1.91 bits per heavy atom. The molecule has 0 aliphatic carbocycles. The van der Waals surface area contributed by atoms with E-state index in [1.54, 1.807) is 23.9 Å². The van der Waals surface area contributed by atoms with Gasteiger partial charge in [-0.05, 0) is 36.6 Å². The minimum atomic E-state index is -0.426. The van der Waals surface area contributed by atoms with Crippen LogP contribution in [-0.2, 0) is 9.59 Å². The van der Waals surface area contributed by atoms with E-state index in [1.165, 1.54) is 16.7 Å². The Balaban J connectivity index is 1.84. The number of hydrogen-bond acceptors (Lipinski definition) is 5. The molecule has 2 aromatic carbocycles. The number of hydrogen-bond donors (Lipinski definition) is 1. The lowest BCUT2D eigenvalue weighted by atomic mass is 10.3. The van der Waals surface area contributed by atoms with Crippen LogP contribution >= 0.6 is 23.5 Å². The molecule has 1 fully saturated rings. The summed E-state index contributed by atoms with van der Waals surface area (Å²) >= 11 is 2.93. The first-order valence-electron chi connectivity index (χ1n) is 7.12. The highest BCUT2D eigenvalue weighted by Crippen LogP contribution is 2.36. The summed E-state index contributed by atoms with van der Waals surface area (Å²) < 4.78 is 0. The Morgan fingerprint density at radius 3 is 2.65 bits per heavy atom. The summed E-state index contributed by atoms with van der Waals surface area (Å²) in [5, 5.41) is -0.426. The van der Waals surface area contributed by atoms with Crippen LogP contribution in [0.25, 0.3) is 0 Å². The topological polar surface area (TPSA) is 63.4 Å². The van der Waals surface area contributed by atoms with E-state index in [4.69, 9.17) is 5.73 Å². The molecule has 1 aliphatic heterocycles. The molecule has 0 saturated carbocycles. The largest absolute Gasteiger partial charge is 0.398 e. The minimum Gasteiger partial charge on any atom is -0.398 e. The number of benzene rings is 2. The molecule has 6 heteroatoms. The van der Waals surface area contributed by atoms with Crippen LogP contribution in [0.4, 0.5) is 11.4 Å². The van der Waals surface area contributed by atoms with Crippen molar-refractivity contribution in [3.8, 4) is 0 Å². The Labute approximate surface area is 143 Å². The first kappa shape index (κ1) is 16.0. The van der Waals surface area contributed by atoms with Crippen molar-refractivity contribution in [1.29, 1.82) is 0 Å². The molecule has 0 aromatic heterocycles. The maximum absolute atomic E-state index is 12.7. The molecule has 1 saturated heterocycles. The summed E-state index contributed by atoms with van der Waals surface area (Å²) in [6.07, 6.45) is 2.16. The number of nitrogen functional groups attached to an aromatic ring is 1. The zero-order valence-electron chi connectivity index (χ0n) is 12.6. The normalized spacial score (nSPS) is 17.8. The second-order valence-electron chi connectivity index (χ2n) is 5.12. The molecule has 0 radical (unpaired) electrons. The molecule has 0 unspecified atom stereocenters. The van der Waals surface area contributed by atoms with Crippen LogP contribution in [0.2, 0.25) is 0 Å². The average Bonchev–Trinajstić information content (AvgIpc) is 2.83. The summed E-state index contributed by atoms with van der Waals surface area (Å²) in [5.74, 6) is -0.346. The molecule has 118 valence electrons. The first-order chi connectivity index (χ1) is 11.1. The second-order valence-corrected chi connectivity index (χ2v) is 7.24. The van der Waals surface area contributed by atoms with Crippen molar-refractivity contribution < 1.29 is 9.59 Å². The SMILES string of the molecule is CSc1cccc(N2C(=O)C[C@H](Sc3ccccc3N)C2=O)c1. The van der Waals surface area contributed by atoms with Crippen molar-refractivity contribution in [2.24, 2.45) is 0 Å². The molecule has 3 rings (SSSR count). The van der Waals surface area contributed by atoms with Crippen LogP contribution in [-0.4, -0.2) is 23.3 Å². The lowest BCUT2D eigenvalue weighted by Crippen LogP contribution is -2.31. The van der Waals surface area contributed by atoms with E-state index in [9.17, 15) is 9.59 Å². The van der Waals surface area contributed by atoms with Crippen molar-refractivity contribution >= 4 is 46.7 Å². The number of nitrogens with two attached hydrogens (primary N) is 1. The van der Waals surface area contributed by atoms with Gasteiger partial charge in [-0.2, -0.15) is 0 Å². The third-order valence-corrected chi connectivity index (χ3v) is 5.61. The fourth-order valence-corrected chi connectivity index (χ4v) is 4.01. The quantitative estimate of drug-likeness (QED) is 0.523. The molecule has 2 aromatic rings. The molecule has 1 aliphatic rings. The van der Waals surface area contributed by atoms with Crippen LogP contribution in [0, 0.1) is 0 Å². The molecular formula is C17H16N2O2S2. The van der Waals surface area contributed by atoms with E-state index in [0.29, 0.717) is 11.4 Å². The van der Waals surface area contributed by atoms with Gasteiger partial charge in [0.25, 0.3) is 0 Å². The maximum Gasteiger partial charge on any atom is 0.247 e. The summed E-state index contributed by atoms with van der Waals surface area (Å²) in [6.45, 7) is 0. The number of rotatable bonds is 4. The highest BCUT2D eigenvalue weighted by atomic mass is 32.2. The van der Waals surface area contributed by atoms with E-state index >= 15 is 0 Å².